The number of methoxy groups -OCH3 is 1. The Labute approximate surface area is 210 Å². The van der Waals surface area contributed by atoms with Gasteiger partial charge in [-0.2, -0.15) is 10.2 Å². The Balaban J connectivity index is 1.89. The van der Waals surface area contributed by atoms with E-state index in [1.54, 1.807) is 11.8 Å². The monoisotopic (exact) mass is 514 g/mol. The SMILES string of the molecule is CCN(CC)C(=O)Cn1c(=O)c2c(C)c(-n3nccn3)sc2n(CCc2cc(F)ccc2OC)c1=O. The van der Waals surface area contributed by atoms with Gasteiger partial charge in [0.05, 0.1) is 24.9 Å². The molecule has 0 aliphatic rings. The summed E-state index contributed by atoms with van der Waals surface area (Å²) in [7, 11) is 1.49. The predicted octanol–water partition coefficient (Wildman–Crippen LogP) is 2.37. The Morgan fingerprint density at radius 2 is 1.83 bits per heavy atom. The third kappa shape index (κ3) is 4.55. The Morgan fingerprint density at radius 3 is 2.47 bits per heavy atom. The first-order valence-corrected chi connectivity index (χ1v) is 12.4. The molecule has 0 saturated heterocycles. The van der Waals surface area contributed by atoms with Crippen LogP contribution in [0.5, 0.6) is 5.75 Å². The van der Waals surface area contributed by atoms with Gasteiger partial charge in [-0.05, 0) is 51.0 Å². The van der Waals surface area contributed by atoms with Crippen LogP contribution < -0.4 is 16.0 Å². The lowest BCUT2D eigenvalue weighted by Crippen LogP contribution is -2.45. The topological polar surface area (TPSA) is 104 Å². The molecule has 0 atom stereocenters. The minimum atomic E-state index is -0.607. The number of aryl methyl sites for hydroxylation is 3. The number of hydrogen-bond donors (Lipinski definition) is 0. The molecule has 4 rings (SSSR count). The van der Waals surface area contributed by atoms with Gasteiger partial charge in [0.2, 0.25) is 5.91 Å². The molecule has 3 aromatic heterocycles. The van der Waals surface area contributed by atoms with E-state index in [0.29, 0.717) is 45.2 Å². The summed E-state index contributed by atoms with van der Waals surface area (Å²) in [5.74, 6) is -0.245. The van der Waals surface area contributed by atoms with Gasteiger partial charge in [0.25, 0.3) is 5.56 Å². The van der Waals surface area contributed by atoms with Crippen molar-refractivity contribution in [1.82, 2.24) is 29.0 Å². The van der Waals surface area contributed by atoms with Crippen molar-refractivity contribution in [1.29, 1.82) is 0 Å². The van der Waals surface area contributed by atoms with Gasteiger partial charge in [0.1, 0.15) is 27.9 Å². The van der Waals surface area contributed by atoms with Crippen LogP contribution in [-0.2, 0) is 24.3 Å². The molecule has 0 unspecified atom stereocenters. The fourth-order valence-electron chi connectivity index (χ4n) is 4.22. The van der Waals surface area contributed by atoms with Crippen molar-refractivity contribution >= 4 is 27.5 Å². The van der Waals surface area contributed by atoms with E-state index in [4.69, 9.17) is 4.74 Å². The smallest absolute Gasteiger partial charge is 0.332 e. The fraction of sp³-hybridized carbons (Fsp3) is 0.375. The van der Waals surface area contributed by atoms with Crippen molar-refractivity contribution in [3.8, 4) is 10.8 Å². The summed E-state index contributed by atoms with van der Waals surface area (Å²) in [4.78, 5) is 43.4. The summed E-state index contributed by atoms with van der Waals surface area (Å²) >= 11 is 1.21. The molecule has 4 aromatic rings. The van der Waals surface area contributed by atoms with Crippen LogP contribution in [0.4, 0.5) is 4.39 Å². The highest BCUT2D eigenvalue weighted by Gasteiger charge is 2.23. The highest BCUT2D eigenvalue weighted by atomic mass is 32.1. The van der Waals surface area contributed by atoms with Crippen LogP contribution in [0.15, 0.2) is 40.2 Å². The second-order valence-electron chi connectivity index (χ2n) is 8.13. The summed E-state index contributed by atoms with van der Waals surface area (Å²) in [6, 6.07) is 4.20. The Hall–Kier alpha value is -3.80. The Kier molecular flexibility index (Phi) is 7.34. The van der Waals surface area contributed by atoms with E-state index < -0.39 is 17.1 Å². The Morgan fingerprint density at radius 1 is 1.14 bits per heavy atom. The molecule has 3 heterocycles. The maximum atomic E-state index is 13.9. The number of ether oxygens (including phenoxy) is 1. The molecule has 36 heavy (non-hydrogen) atoms. The molecule has 10 nitrogen and oxygen atoms in total. The van der Waals surface area contributed by atoms with E-state index in [1.807, 2.05) is 13.8 Å². The molecule has 0 aliphatic heterocycles. The summed E-state index contributed by atoms with van der Waals surface area (Å²) in [6.07, 6.45) is 3.31. The standard InChI is InChI=1S/C24H27FN6O4S/c1-5-28(6-2)19(32)14-30-21(33)20-15(3)22(31-26-10-11-27-31)36-23(20)29(24(30)34)12-9-16-13-17(25)7-8-18(16)35-4/h7-8,10-11,13H,5-6,9,12,14H2,1-4H3. The van der Waals surface area contributed by atoms with E-state index in [0.717, 1.165) is 4.57 Å². The molecule has 0 radical (unpaired) electrons. The highest BCUT2D eigenvalue weighted by Crippen LogP contribution is 2.30. The summed E-state index contributed by atoms with van der Waals surface area (Å²) in [5, 5.41) is 9.25. The molecule has 12 heteroatoms. The van der Waals surface area contributed by atoms with Crippen LogP contribution >= 0.6 is 11.3 Å². The summed E-state index contributed by atoms with van der Waals surface area (Å²) < 4.78 is 21.7. The number of likely N-dealkylation sites (N-methyl/N-ethyl adjacent to an activating group) is 1. The number of thiophene rings is 1. The first-order valence-electron chi connectivity index (χ1n) is 11.5. The number of hydrogen-bond acceptors (Lipinski definition) is 7. The Bertz CT molecular complexity index is 1520. The van der Waals surface area contributed by atoms with Gasteiger partial charge >= 0.3 is 5.69 Å². The van der Waals surface area contributed by atoms with E-state index in [-0.39, 0.29) is 25.4 Å². The van der Waals surface area contributed by atoms with E-state index >= 15 is 0 Å². The average Bonchev–Trinajstić information content (AvgIpc) is 3.51. The van der Waals surface area contributed by atoms with Gasteiger partial charge < -0.3 is 9.64 Å². The normalized spacial score (nSPS) is 11.2. The van der Waals surface area contributed by atoms with Gasteiger partial charge in [0, 0.05) is 25.2 Å². The number of nitrogens with zero attached hydrogens (tertiary/aromatic N) is 6. The molecular weight excluding hydrogens is 487 g/mol. The predicted molar refractivity (Wildman–Crippen MR) is 135 cm³/mol. The third-order valence-corrected chi connectivity index (χ3v) is 7.41. The van der Waals surface area contributed by atoms with E-state index in [2.05, 4.69) is 10.2 Å². The highest BCUT2D eigenvalue weighted by molar-refractivity contribution is 7.21. The maximum Gasteiger partial charge on any atom is 0.332 e. The second-order valence-corrected chi connectivity index (χ2v) is 9.11. The molecule has 0 aliphatic carbocycles. The van der Waals surface area contributed by atoms with Crippen LogP contribution in [-0.4, -0.2) is 55.1 Å². The number of aromatic nitrogens is 5. The number of benzene rings is 1. The first-order chi connectivity index (χ1) is 17.3. The molecule has 0 fully saturated rings. The van der Waals surface area contributed by atoms with Gasteiger partial charge in [-0.15, -0.1) is 4.80 Å². The molecule has 190 valence electrons. The van der Waals surface area contributed by atoms with Gasteiger partial charge in [-0.25, -0.2) is 9.18 Å². The van der Waals surface area contributed by atoms with Crippen molar-refractivity contribution < 1.29 is 13.9 Å². The number of fused-ring (bicyclic) bond motifs is 1. The number of carbonyl (C=O) groups is 1. The molecule has 0 saturated carbocycles. The zero-order valence-corrected chi connectivity index (χ0v) is 21.3. The van der Waals surface area contributed by atoms with Crippen LogP contribution in [0.25, 0.3) is 15.2 Å². The lowest BCUT2D eigenvalue weighted by molar-refractivity contribution is -0.131. The number of carbonyl (C=O) groups excluding carboxylic acids is 1. The third-order valence-electron chi connectivity index (χ3n) is 6.13. The molecule has 1 amide bonds. The zero-order valence-electron chi connectivity index (χ0n) is 20.5. The maximum absolute atomic E-state index is 13.9. The minimum Gasteiger partial charge on any atom is -0.496 e. The van der Waals surface area contributed by atoms with Crippen LogP contribution in [0.3, 0.4) is 0 Å². The van der Waals surface area contributed by atoms with E-state index in [1.165, 1.54) is 58.4 Å². The van der Waals surface area contributed by atoms with Gasteiger partial charge in [-0.1, -0.05) is 11.3 Å². The quantitative estimate of drug-likeness (QED) is 0.340. The van der Waals surface area contributed by atoms with Crippen molar-refractivity contribution in [3.63, 3.8) is 0 Å². The van der Waals surface area contributed by atoms with Crippen molar-refractivity contribution in [2.24, 2.45) is 0 Å². The number of halogens is 1. The fourth-order valence-corrected chi connectivity index (χ4v) is 5.45. The van der Waals surface area contributed by atoms with Crippen molar-refractivity contribution in [2.45, 2.75) is 40.3 Å². The lowest BCUT2D eigenvalue weighted by atomic mass is 10.1. The van der Waals surface area contributed by atoms with Crippen LogP contribution in [0.1, 0.15) is 25.0 Å². The lowest BCUT2D eigenvalue weighted by Gasteiger charge is -2.19. The average molecular weight is 515 g/mol. The van der Waals surface area contributed by atoms with E-state index in [9.17, 15) is 18.8 Å². The van der Waals surface area contributed by atoms with Crippen LogP contribution in [0, 0.1) is 12.7 Å². The number of amides is 1. The summed E-state index contributed by atoms with van der Waals surface area (Å²) in [5.41, 5.74) is 0.0425. The second kappa shape index (κ2) is 10.4. The number of rotatable bonds is 9. The first kappa shape index (κ1) is 25.3. The molecule has 1 aromatic carbocycles. The summed E-state index contributed by atoms with van der Waals surface area (Å²) in [6.45, 7) is 6.14. The van der Waals surface area contributed by atoms with Gasteiger partial charge in [0.15, 0.2) is 0 Å². The molecule has 0 bridgehead atoms. The van der Waals surface area contributed by atoms with Crippen LogP contribution in [0.2, 0.25) is 0 Å². The molecular formula is C24H27FN6O4S. The minimum absolute atomic E-state index is 0.140. The van der Waals surface area contributed by atoms with Gasteiger partial charge in [-0.3, -0.25) is 18.7 Å². The molecule has 0 spiro atoms. The zero-order chi connectivity index (χ0) is 26.0. The van der Waals surface area contributed by atoms with Crippen molar-refractivity contribution in [3.05, 3.63) is 68.4 Å². The molecule has 0 N–H and O–H groups in total. The van der Waals surface area contributed by atoms with Crippen molar-refractivity contribution in [2.75, 3.05) is 20.2 Å². The largest absolute Gasteiger partial charge is 0.496 e.